The SMILES string of the molecule is CC(C)n1nccc1CN1CCC2(CC1)CC(=O)NCc1ccccc1N2. The largest absolute Gasteiger partial charge is 0.379 e. The van der Waals surface area contributed by atoms with E-state index in [-0.39, 0.29) is 11.4 Å². The number of piperidine rings is 1. The molecule has 1 aromatic carbocycles. The van der Waals surface area contributed by atoms with E-state index in [0.29, 0.717) is 19.0 Å². The fourth-order valence-electron chi connectivity index (χ4n) is 4.29. The van der Waals surface area contributed by atoms with Crippen LogP contribution >= 0.6 is 0 Å². The molecule has 2 aliphatic heterocycles. The number of para-hydroxylation sites is 1. The quantitative estimate of drug-likeness (QED) is 0.876. The van der Waals surface area contributed by atoms with E-state index in [1.807, 2.05) is 12.3 Å². The van der Waals surface area contributed by atoms with Crippen molar-refractivity contribution in [3.8, 4) is 0 Å². The summed E-state index contributed by atoms with van der Waals surface area (Å²) in [6, 6.07) is 10.8. The molecule has 4 rings (SSSR count). The van der Waals surface area contributed by atoms with E-state index < -0.39 is 0 Å². The Kier molecular flexibility index (Phi) is 4.91. The highest BCUT2D eigenvalue weighted by Gasteiger charge is 2.38. The smallest absolute Gasteiger partial charge is 0.222 e. The van der Waals surface area contributed by atoms with Gasteiger partial charge >= 0.3 is 0 Å². The lowest BCUT2D eigenvalue weighted by Gasteiger charge is -2.44. The van der Waals surface area contributed by atoms with Crippen molar-refractivity contribution >= 4 is 11.6 Å². The van der Waals surface area contributed by atoms with Gasteiger partial charge in [0.05, 0.1) is 5.69 Å². The van der Waals surface area contributed by atoms with E-state index in [1.54, 1.807) is 0 Å². The zero-order chi connectivity index (χ0) is 18.9. The van der Waals surface area contributed by atoms with Crippen LogP contribution in [0.5, 0.6) is 0 Å². The molecule has 0 radical (unpaired) electrons. The first kappa shape index (κ1) is 18.0. The summed E-state index contributed by atoms with van der Waals surface area (Å²) >= 11 is 0. The van der Waals surface area contributed by atoms with Crippen LogP contribution in [0.4, 0.5) is 5.69 Å². The van der Waals surface area contributed by atoms with Gasteiger partial charge in [0.2, 0.25) is 5.91 Å². The highest BCUT2D eigenvalue weighted by atomic mass is 16.1. The molecule has 2 N–H and O–H groups in total. The second kappa shape index (κ2) is 7.35. The Balaban J connectivity index is 1.47. The summed E-state index contributed by atoms with van der Waals surface area (Å²) in [7, 11) is 0. The number of carbonyl (C=O) groups is 1. The van der Waals surface area contributed by atoms with Crippen LogP contribution in [0, 0.1) is 0 Å². The lowest BCUT2D eigenvalue weighted by atomic mass is 9.82. The topological polar surface area (TPSA) is 62.2 Å². The van der Waals surface area contributed by atoms with Crippen molar-refractivity contribution in [1.82, 2.24) is 20.0 Å². The van der Waals surface area contributed by atoms with Crippen molar-refractivity contribution in [2.24, 2.45) is 0 Å². The van der Waals surface area contributed by atoms with E-state index in [2.05, 4.69) is 63.4 Å². The maximum absolute atomic E-state index is 12.4. The summed E-state index contributed by atoms with van der Waals surface area (Å²) in [6.45, 7) is 7.80. The number of benzene rings is 1. The number of aromatic nitrogens is 2. The van der Waals surface area contributed by atoms with Crippen LogP contribution in [0.25, 0.3) is 0 Å². The third kappa shape index (κ3) is 3.86. The fourth-order valence-corrected chi connectivity index (χ4v) is 4.29. The van der Waals surface area contributed by atoms with E-state index in [1.165, 1.54) is 5.69 Å². The predicted octanol–water partition coefficient (Wildman–Crippen LogP) is 2.93. The van der Waals surface area contributed by atoms with Crippen molar-refractivity contribution < 1.29 is 4.79 Å². The molecule has 0 saturated carbocycles. The first-order chi connectivity index (χ1) is 13.0. The molecule has 6 heteroatoms. The first-order valence-electron chi connectivity index (χ1n) is 9.92. The average Bonchev–Trinajstić information content (AvgIpc) is 3.10. The van der Waals surface area contributed by atoms with Crippen LogP contribution in [0.15, 0.2) is 36.5 Å². The molecule has 2 aliphatic rings. The van der Waals surface area contributed by atoms with Gasteiger partial charge in [-0.15, -0.1) is 0 Å². The predicted molar refractivity (Wildman–Crippen MR) is 106 cm³/mol. The van der Waals surface area contributed by atoms with Crippen LogP contribution in [0.3, 0.4) is 0 Å². The average molecular weight is 367 g/mol. The van der Waals surface area contributed by atoms with Gasteiger partial charge in [-0.2, -0.15) is 5.10 Å². The second-order valence-electron chi connectivity index (χ2n) is 8.15. The number of hydrogen-bond donors (Lipinski definition) is 2. The van der Waals surface area contributed by atoms with Gasteiger partial charge in [-0.25, -0.2) is 0 Å². The molecule has 27 heavy (non-hydrogen) atoms. The van der Waals surface area contributed by atoms with Crippen molar-refractivity contribution in [2.45, 2.75) is 57.8 Å². The normalized spacial score (nSPS) is 19.9. The molecule has 3 heterocycles. The van der Waals surface area contributed by atoms with E-state index in [0.717, 1.165) is 43.7 Å². The summed E-state index contributed by atoms with van der Waals surface area (Å²) in [5, 5.41) is 11.3. The zero-order valence-electron chi connectivity index (χ0n) is 16.2. The Labute approximate surface area is 160 Å². The summed E-state index contributed by atoms with van der Waals surface area (Å²) in [5.74, 6) is 0.142. The number of hydrogen-bond acceptors (Lipinski definition) is 4. The van der Waals surface area contributed by atoms with Crippen LogP contribution in [-0.4, -0.2) is 39.2 Å². The molecule has 0 atom stereocenters. The number of carbonyl (C=O) groups excluding carboxylic acids is 1. The summed E-state index contributed by atoms with van der Waals surface area (Å²) in [4.78, 5) is 14.9. The summed E-state index contributed by atoms with van der Waals surface area (Å²) < 4.78 is 2.10. The Hall–Kier alpha value is -2.34. The van der Waals surface area contributed by atoms with Gasteiger partial charge in [-0.1, -0.05) is 18.2 Å². The number of amides is 1. The maximum atomic E-state index is 12.4. The van der Waals surface area contributed by atoms with Gasteiger partial charge < -0.3 is 10.6 Å². The molecule has 1 spiro atoms. The zero-order valence-corrected chi connectivity index (χ0v) is 16.2. The lowest BCUT2D eigenvalue weighted by molar-refractivity contribution is -0.122. The third-order valence-electron chi connectivity index (χ3n) is 5.83. The molecule has 0 aliphatic carbocycles. The number of rotatable bonds is 3. The highest BCUT2D eigenvalue weighted by Crippen LogP contribution is 2.33. The molecule has 1 fully saturated rings. The standard InChI is InChI=1S/C21H29N5O/c1-16(2)26-18(7-10-23-26)15-25-11-8-21(9-12-25)13-20(27)22-14-17-5-3-4-6-19(17)24-21/h3-7,10,16,24H,8-9,11-15H2,1-2H3,(H,22,27). The Morgan fingerprint density at radius 1 is 1.19 bits per heavy atom. The van der Waals surface area contributed by atoms with Gasteiger partial charge in [-0.05, 0) is 44.4 Å². The van der Waals surface area contributed by atoms with Crippen molar-refractivity contribution in [3.05, 3.63) is 47.8 Å². The van der Waals surface area contributed by atoms with Gasteiger partial charge in [0, 0.05) is 56.1 Å². The van der Waals surface area contributed by atoms with E-state index in [4.69, 9.17) is 0 Å². The number of nitrogens with one attached hydrogen (secondary N) is 2. The minimum Gasteiger partial charge on any atom is -0.379 e. The Bertz CT molecular complexity index is 804. The third-order valence-corrected chi connectivity index (χ3v) is 5.83. The summed E-state index contributed by atoms with van der Waals surface area (Å²) in [6.07, 6.45) is 4.35. The van der Waals surface area contributed by atoms with Crippen LogP contribution in [-0.2, 0) is 17.9 Å². The molecule has 1 aromatic heterocycles. The first-order valence-corrected chi connectivity index (χ1v) is 9.92. The second-order valence-corrected chi connectivity index (χ2v) is 8.15. The Morgan fingerprint density at radius 3 is 2.74 bits per heavy atom. The molecule has 0 bridgehead atoms. The number of fused-ring (bicyclic) bond motifs is 1. The van der Waals surface area contributed by atoms with Crippen molar-refractivity contribution in [1.29, 1.82) is 0 Å². The number of likely N-dealkylation sites (tertiary alicyclic amines) is 1. The monoisotopic (exact) mass is 367 g/mol. The van der Waals surface area contributed by atoms with Crippen molar-refractivity contribution in [2.75, 3.05) is 18.4 Å². The minimum atomic E-state index is -0.157. The maximum Gasteiger partial charge on any atom is 0.222 e. The van der Waals surface area contributed by atoms with Gasteiger partial charge in [0.15, 0.2) is 0 Å². The van der Waals surface area contributed by atoms with E-state index >= 15 is 0 Å². The van der Waals surface area contributed by atoms with Crippen LogP contribution in [0.2, 0.25) is 0 Å². The van der Waals surface area contributed by atoms with Crippen molar-refractivity contribution in [3.63, 3.8) is 0 Å². The van der Waals surface area contributed by atoms with Crippen LogP contribution in [0.1, 0.15) is 50.4 Å². The highest BCUT2D eigenvalue weighted by molar-refractivity contribution is 5.79. The molecule has 6 nitrogen and oxygen atoms in total. The summed E-state index contributed by atoms with van der Waals surface area (Å²) in [5.41, 5.74) is 3.42. The number of nitrogens with zero attached hydrogens (tertiary/aromatic N) is 3. The molecule has 2 aromatic rings. The van der Waals surface area contributed by atoms with Gasteiger partial charge in [0.1, 0.15) is 0 Å². The van der Waals surface area contributed by atoms with E-state index in [9.17, 15) is 4.79 Å². The molecule has 1 saturated heterocycles. The fraction of sp³-hybridized carbons (Fsp3) is 0.524. The molecule has 1 amide bonds. The van der Waals surface area contributed by atoms with Gasteiger partial charge in [-0.3, -0.25) is 14.4 Å². The molecule has 144 valence electrons. The molecular formula is C21H29N5O. The lowest BCUT2D eigenvalue weighted by Crippen LogP contribution is -2.52. The molecular weight excluding hydrogens is 338 g/mol. The number of anilines is 1. The minimum absolute atomic E-state index is 0.142. The van der Waals surface area contributed by atoms with Gasteiger partial charge in [0.25, 0.3) is 0 Å². The molecule has 0 unspecified atom stereocenters. The van der Waals surface area contributed by atoms with Crippen LogP contribution < -0.4 is 10.6 Å². The Morgan fingerprint density at radius 2 is 1.96 bits per heavy atom.